The maximum absolute atomic E-state index is 13.1. The van der Waals surface area contributed by atoms with Gasteiger partial charge in [-0.3, -0.25) is 0 Å². The van der Waals surface area contributed by atoms with Crippen molar-refractivity contribution in [1.29, 1.82) is 0 Å². The van der Waals surface area contributed by atoms with Crippen molar-refractivity contribution >= 4 is 16.7 Å². The molecule has 78 valence electrons. The molecule has 0 saturated heterocycles. The minimum absolute atomic E-state index is 0.256. The summed E-state index contributed by atoms with van der Waals surface area (Å²) in [5.41, 5.74) is 0.745. The third-order valence-electron chi connectivity index (χ3n) is 2.02. The number of halogens is 1. The minimum Gasteiger partial charge on any atom is -0.367 e. The van der Waals surface area contributed by atoms with Gasteiger partial charge in [0.25, 0.3) is 0 Å². The van der Waals surface area contributed by atoms with Crippen LogP contribution in [0.3, 0.4) is 0 Å². The fourth-order valence-electron chi connectivity index (χ4n) is 1.42. The molecule has 0 saturated carbocycles. The molecule has 0 radical (unpaired) electrons. The third-order valence-corrected chi connectivity index (χ3v) is 2.02. The quantitative estimate of drug-likeness (QED) is 0.818. The number of aromatic nitrogens is 2. The molecule has 4 heteroatoms. The number of hydrogen-bond acceptors (Lipinski definition) is 3. The summed E-state index contributed by atoms with van der Waals surface area (Å²) in [4.78, 5) is 8.17. The molecule has 1 aromatic carbocycles. The monoisotopic (exact) mass is 205 g/mol. The molecule has 1 N–H and O–H groups in total. The van der Waals surface area contributed by atoms with Gasteiger partial charge in [-0.15, -0.1) is 0 Å². The lowest BCUT2D eigenvalue weighted by molar-refractivity contribution is 0.629. The zero-order chi connectivity index (χ0) is 10.8. The van der Waals surface area contributed by atoms with E-state index in [1.165, 1.54) is 18.5 Å². The van der Waals surface area contributed by atoms with Gasteiger partial charge in [-0.1, -0.05) is 0 Å². The van der Waals surface area contributed by atoms with Crippen molar-refractivity contribution in [3.63, 3.8) is 0 Å². The van der Waals surface area contributed by atoms with Crippen molar-refractivity contribution in [2.24, 2.45) is 0 Å². The highest BCUT2D eigenvalue weighted by Crippen LogP contribution is 2.20. The Labute approximate surface area is 87.4 Å². The summed E-state index contributed by atoms with van der Waals surface area (Å²) in [6.07, 6.45) is 1.48. The molecule has 1 aromatic heterocycles. The predicted molar refractivity (Wildman–Crippen MR) is 58.3 cm³/mol. The second-order valence-corrected chi connectivity index (χ2v) is 3.68. The van der Waals surface area contributed by atoms with E-state index >= 15 is 0 Å². The van der Waals surface area contributed by atoms with E-state index in [1.54, 1.807) is 6.07 Å². The standard InChI is InChI=1S/C11H12FN3/c1-7(2)15-11-9-5-8(12)3-4-10(9)13-6-14-11/h3-7H,1-2H3,(H,13,14,15). The Kier molecular flexibility index (Phi) is 2.49. The van der Waals surface area contributed by atoms with Gasteiger partial charge in [0, 0.05) is 11.4 Å². The van der Waals surface area contributed by atoms with Crippen molar-refractivity contribution in [2.45, 2.75) is 19.9 Å². The fraction of sp³-hybridized carbons (Fsp3) is 0.273. The average molecular weight is 205 g/mol. The third kappa shape index (κ3) is 2.03. The molecule has 3 nitrogen and oxygen atoms in total. The van der Waals surface area contributed by atoms with E-state index in [2.05, 4.69) is 15.3 Å². The number of anilines is 1. The summed E-state index contributed by atoms with van der Waals surface area (Å²) in [7, 11) is 0. The van der Waals surface area contributed by atoms with Gasteiger partial charge in [0.2, 0.25) is 0 Å². The fourth-order valence-corrected chi connectivity index (χ4v) is 1.42. The zero-order valence-electron chi connectivity index (χ0n) is 8.66. The van der Waals surface area contributed by atoms with Crippen LogP contribution in [-0.2, 0) is 0 Å². The summed E-state index contributed by atoms with van der Waals surface area (Å²) in [5, 5.41) is 3.87. The summed E-state index contributed by atoms with van der Waals surface area (Å²) in [5.74, 6) is 0.401. The van der Waals surface area contributed by atoms with Gasteiger partial charge in [-0.05, 0) is 32.0 Å². The first-order valence-electron chi connectivity index (χ1n) is 4.83. The summed E-state index contributed by atoms with van der Waals surface area (Å²) >= 11 is 0. The van der Waals surface area contributed by atoms with E-state index in [-0.39, 0.29) is 11.9 Å². The van der Waals surface area contributed by atoms with E-state index in [9.17, 15) is 4.39 Å². The minimum atomic E-state index is -0.274. The Bertz CT molecular complexity index is 482. The molecule has 0 spiro atoms. The normalized spacial score (nSPS) is 10.9. The second kappa shape index (κ2) is 3.81. The van der Waals surface area contributed by atoms with Gasteiger partial charge in [0.1, 0.15) is 18.0 Å². The Morgan fingerprint density at radius 3 is 2.80 bits per heavy atom. The topological polar surface area (TPSA) is 37.8 Å². The lowest BCUT2D eigenvalue weighted by Gasteiger charge is -2.10. The molecular formula is C11H12FN3. The van der Waals surface area contributed by atoms with Crippen LogP contribution in [0.15, 0.2) is 24.5 Å². The van der Waals surface area contributed by atoms with Gasteiger partial charge in [-0.25, -0.2) is 14.4 Å². The van der Waals surface area contributed by atoms with Crippen LogP contribution in [0.5, 0.6) is 0 Å². The molecule has 15 heavy (non-hydrogen) atoms. The molecule has 0 aliphatic heterocycles. The van der Waals surface area contributed by atoms with E-state index < -0.39 is 0 Å². The molecule has 0 unspecified atom stereocenters. The maximum Gasteiger partial charge on any atom is 0.137 e. The molecule has 0 atom stereocenters. The molecule has 0 bridgehead atoms. The van der Waals surface area contributed by atoms with Gasteiger partial charge in [-0.2, -0.15) is 0 Å². The molecular weight excluding hydrogens is 193 g/mol. The second-order valence-electron chi connectivity index (χ2n) is 3.68. The Balaban J connectivity index is 2.58. The largest absolute Gasteiger partial charge is 0.367 e. The highest BCUT2D eigenvalue weighted by Gasteiger charge is 2.05. The zero-order valence-corrected chi connectivity index (χ0v) is 8.66. The summed E-state index contributed by atoms with van der Waals surface area (Å²) in [6.45, 7) is 4.01. The Morgan fingerprint density at radius 2 is 2.07 bits per heavy atom. The predicted octanol–water partition coefficient (Wildman–Crippen LogP) is 2.59. The first kappa shape index (κ1) is 9.83. The number of hydrogen-bond donors (Lipinski definition) is 1. The Morgan fingerprint density at radius 1 is 1.27 bits per heavy atom. The Hall–Kier alpha value is -1.71. The SMILES string of the molecule is CC(C)Nc1ncnc2ccc(F)cc12. The van der Waals surface area contributed by atoms with Crippen LogP contribution in [0.1, 0.15) is 13.8 Å². The average Bonchev–Trinajstić information content (AvgIpc) is 2.18. The highest BCUT2D eigenvalue weighted by atomic mass is 19.1. The summed E-state index contributed by atoms with van der Waals surface area (Å²) < 4.78 is 13.1. The lowest BCUT2D eigenvalue weighted by Crippen LogP contribution is -2.11. The molecule has 0 aliphatic carbocycles. The van der Waals surface area contributed by atoms with Gasteiger partial charge >= 0.3 is 0 Å². The van der Waals surface area contributed by atoms with E-state index in [0.29, 0.717) is 11.2 Å². The first-order chi connectivity index (χ1) is 7.16. The number of fused-ring (bicyclic) bond motifs is 1. The first-order valence-corrected chi connectivity index (χ1v) is 4.83. The van der Waals surface area contributed by atoms with Crippen molar-refractivity contribution in [1.82, 2.24) is 9.97 Å². The molecule has 2 aromatic rings. The van der Waals surface area contributed by atoms with Crippen LogP contribution >= 0.6 is 0 Å². The molecule has 0 aliphatic rings. The number of rotatable bonds is 2. The van der Waals surface area contributed by atoms with Gasteiger partial charge in [0.15, 0.2) is 0 Å². The summed E-state index contributed by atoms with van der Waals surface area (Å²) in [6, 6.07) is 4.75. The van der Waals surface area contributed by atoms with Crippen LogP contribution < -0.4 is 5.32 Å². The van der Waals surface area contributed by atoms with Crippen LogP contribution in [0.25, 0.3) is 10.9 Å². The van der Waals surface area contributed by atoms with Crippen LogP contribution in [0.4, 0.5) is 10.2 Å². The smallest absolute Gasteiger partial charge is 0.137 e. The van der Waals surface area contributed by atoms with Crippen molar-refractivity contribution in [2.75, 3.05) is 5.32 Å². The van der Waals surface area contributed by atoms with E-state index in [0.717, 1.165) is 5.52 Å². The highest BCUT2D eigenvalue weighted by molar-refractivity contribution is 5.88. The molecule has 1 heterocycles. The number of benzene rings is 1. The maximum atomic E-state index is 13.1. The molecule has 0 fully saturated rings. The number of nitrogens with one attached hydrogen (secondary N) is 1. The van der Waals surface area contributed by atoms with Crippen molar-refractivity contribution in [3.8, 4) is 0 Å². The number of nitrogens with zero attached hydrogens (tertiary/aromatic N) is 2. The van der Waals surface area contributed by atoms with Crippen LogP contribution in [0, 0.1) is 5.82 Å². The van der Waals surface area contributed by atoms with Crippen LogP contribution in [-0.4, -0.2) is 16.0 Å². The molecule has 0 amide bonds. The molecule has 2 rings (SSSR count). The van der Waals surface area contributed by atoms with E-state index in [1.807, 2.05) is 13.8 Å². The lowest BCUT2D eigenvalue weighted by atomic mass is 10.2. The van der Waals surface area contributed by atoms with Crippen LogP contribution in [0.2, 0.25) is 0 Å². The van der Waals surface area contributed by atoms with Gasteiger partial charge < -0.3 is 5.32 Å². The van der Waals surface area contributed by atoms with Crippen molar-refractivity contribution in [3.05, 3.63) is 30.3 Å². The van der Waals surface area contributed by atoms with Crippen molar-refractivity contribution < 1.29 is 4.39 Å². The van der Waals surface area contributed by atoms with E-state index in [4.69, 9.17) is 0 Å². The van der Waals surface area contributed by atoms with Gasteiger partial charge in [0.05, 0.1) is 5.52 Å².